The Kier molecular flexibility index (Phi) is 6.51. The van der Waals surface area contributed by atoms with E-state index in [0.29, 0.717) is 11.5 Å². The minimum absolute atomic E-state index is 0.180. The van der Waals surface area contributed by atoms with Crippen LogP contribution in [-0.2, 0) is 17.3 Å². The Bertz CT molecular complexity index is 988. The first-order valence-corrected chi connectivity index (χ1v) is 11.6. The third-order valence-electron chi connectivity index (χ3n) is 7.03. The number of hydrogen-bond donors (Lipinski definition) is 1. The van der Waals surface area contributed by atoms with Gasteiger partial charge in [-0.3, -0.25) is 0 Å². The average molecular weight is 419 g/mol. The van der Waals surface area contributed by atoms with E-state index in [1.807, 2.05) is 12.1 Å². The highest BCUT2D eigenvalue weighted by atomic mass is 16.4. The normalized spacial score (nSPS) is 17.5. The number of carbonyl (C=O) groups is 1. The monoisotopic (exact) mass is 418 g/mol. The standard InChI is InChI=1S/C29H38O2/c1-19(2)8-11-23-17-25-26(29(6,7)15-14-28(25,4)5)18-24(23)20(3)16-21-9-12-22(13-10-21)27(30)31/h9-10,12-13,16-19H,8,11,14-15H2,1-7H3,(H,30,31)/b20-16+. The van der Waals surface area contributed by atoms with Crippen LogP contribution in [-0.4, -0.2) is 11.1 Å². The Morgan fingerprint density at radius 1 is 1.00 bits per heavy atom. The van der Waals surface area contributed by atoms with Gasteiger partial charge in [0.15, 0.2) is 0 Å². The van der Waals surface area contributed by atoms with Crippen molar-refractivity contribution >= 4 is 17.6 Å². The number of carboxylic acid groups (broad SMARTS) is 1. The van der Waals surface area contributed by atoms with Crippen molar-refractivity contribution in [2.75, 3.05) is 0 Å². The summed E-state index contributed by atoms with van der Waals surface area (Å²) in [6.45, 7) is 16.3. The molecule has 2 heteroatoms. The van der Waals surface area contributed by atoms with Crippen molar-refractivity contribution in [3.05, 3.63) is 69.8 Å². The van der Waals surface area contributed by atoms with Crippen molar-refractivity contribution in [3.63, 3.8) is 0 Å². The molecule has 0 heterocycles. The molecule has 0 unspecified atom stereocenters. The number of fused-ring (bicyclic) bond motifs is 1. The van der Waals surface area contributed by atoms with Crippen LogP contribution in [0.5, 0.6) is 0 Å². The summed E-state index contributed by atoms with van der Waals surface area (Å²) in [5.41, 5.74) is 8.77. The fourth-order valence-corrected chi connectivity index (χ4v) is 4.73. The smallest absolute Gasteiger partial charge is 0.335 e. The number of benzene rings is 2. The lowest BCUT2D eigenvalue weighted by Crippen LogP contribution is -2.34. The number of carboxylic acids is 1. The molecule has 2 aromatic rings. The van der Waals surface area contributed by atoms with Gasteiger partial charge in [-0.1, -0.05) is 71.9 Å². The zero-order valence-corrected chi connectivity index (χ0v) is 20.3. The zero-order valence-electron chi connectivity index (χ0n) is 20.3. The Labute approximate surface area is 188 Å². The van der Waals surface area contributed by atoms with Gasteiger partial charge in [0.05, 0.1) is 5.56 Å². The maximum absolute atomic E-state index is 11.2. The van der Waals surface area contributed by atoms with Crippen LogP contribution in [0.2, 0.25) is 0 Å². The number of rotatable bonds is 6. The summed E-state index contributed by atoms with van der Waals surface area (Å²) in [5.74, 6) is -0.219. The van der Waals surface area contributed by atoms with Gasteiger partial charge in [-0.15, -0.1) is 0 Å². The summed E-state index contributed by atoms with van der Waals surface area (Å²) in [4.78, 5) is 11.2. The lowest BCUT2D eigenvalue weighted by atomic mass is 9.62. The molecule has 1 N–H and O–H groups in total. The summed E-state index contributed by atoms with van der Waals surface area (Å²) in [7, 11) is 0. The van der Waals surface area contributed by atoms with Crippen LogP contribution in [0.3, 0.4) is 0 Å². The SMILES string of the molecule is C/C(=C\c1ccc(C(=O)O)cc1)c1cc2c(cc1CCC(C)C)C(C)(C)CCC2(C)C. The van der Waals surface area contributed by atoms with Crippen LogP contribution in [0, 0.1) is 5.92 Å². The highest BCUT2D eigenvalue weighted by molar-refractivity contribution is 5.88. The molecule has 2 aromatic carbocycles. The van der Waals surface area contributed by atoms with E-state index >= 15 is 0 Å². The van der Waals surface area contributed by atoms with Crippen molar-refractivity contribution in [1.82, 2.24) is 0 Å². The summed E-state index contributed by atoms with van der Waals surface area (Å²) in [6.07, 6.45) is 6.88. The molecule has 2 nitrogen and oxygen atoms in total. The molecule has 31 heavy (non-hydrogen) atoms. The molecule has 1 aliphatic carbocycles. The second kappa shape index (κ2) is 8.65. The summed E-state index contributed by atoms with van der Waals surface area (Å²) < 4.78 is 0. The third kappa shape index (κ3) is 5.11. The van der Waals surface area contributed by atoms with Crippen LogP contribution in [0.15, 0.2) is 36.4 Å². The third-order valence-corrected chi connectivity index (χ3v) is 7.03. The lowest BCUT2D eigenvalue weighted by molar-refractivity contribution is 0.0697. The Morgan fingerprint density at radius 2 is 1.55 bits per heavy atom. The van der Waals surface area contributed by atoms with Crippen LogP contribution in [0.1, 0.15) is 106 Å². The lowest BCUT2D eigenvalue weighted by Gasteiger charge is -2.42. The molecule has 0 aliphatic heterocycles. The average Bonchev–Trinajstić information content (AvgIpc) is 2.69. The summed E-state index contributed by atoms with van der Waals surface area (Å²) >= 11 is 0. The molecule has 0 saturated heterocycles. The molecular formula is C29H38O2. The fourth-order valence-electron chi connectivity index (χ4n) is 4.73. The van der Waals surface area contributed by atoms with E-state index in [0.717, 1.165) is 12.0 Å². The first-order valence-electron chi connectivity index (χ1n) is 11.6. The molecule has 0 aromatic heterocycles. The first kappa shape index (κ1) is 23.3. The van der Waals surface area contributed by atoms with E-state index in [4.69, 9.17) is 5.11 Å². The minimum atomic E-state index is -0.886. The van der Waals surface area contributed by atoms with Crippen LogP contribution in [0.25, 0.3) is 11.6 Å². The second-order valence-electron chi connectivity index (χ2n) is 11.0. The van der Waals surface area contributed by atoms with E-state index in [1.54, 1.807) is 12.1 Å². The molecule has 166 valence electrons. The van der Waals surface area contributed by atoms with Gasteiger partial charge in [-0.25, -0.2) is 4.79 Å². The number of aromatic carboxylic acids is 1. The van der Waals surface area contributed by atoms with Crippen LogP contribution < -0.4 is 0 Å². The van der Waals surface area contributed by atoms with Crippen molar-refractivity contribution in [1.29, 1.82) is 0 Å². The molecule has 0 fully saturated rings. The highest BCUT2D eigenvalue weighted by Gasteiger charge is 2.37. The number of allylic oxidation sites excluding steroid dienone is 1. The minimum Gasteiger partial charge on any atom is -0.478 e. The number of hydrogen-bond acceptors (Lipinski definition) is 1. The van der Waals surface area contributed by atoms with E-state index in [9.17, 15) is 4.79 Å². The van der Waals surface area contributed by atoms with Gasteiger partial charge in [0.1, 0.15) is 0 Å². The van der Waals surface area contributed by atoms with E-state index in [2.05, 4.69) is 66.7 Å². The van der Waals surface area contributed by atoms with Gasteiger partial charge in [-0.2, -0.15) is 0 Å². The van der Waals surface area contributed by atoms with Gasteiger partial charge < -0.3 is 5.11 Å². The van der Waals surface area contributed by atoms with Crippen molar-refractivity contribution in [2.45, 2.75) is 85.0 Å². The van der Waals surface area contributed by atoms with Crippen molar-refractivity contribution < 1.29 is 9.90 Å². The van der Waals surface area contributed by atoms with Crippen LogP contribution in [0.4, 0.5) is 0 Å². The number of aryl methyl sites for hydroxylation is 1. The quantitative estimate of drug-likeness (QED) is 0.484. The molecular weight excluding hydrogens is 380 g/mol. The molecule has 0 amide bonds. The topological polar surface area (TPSA) is 37.3 Å². The first-order chi connectivity index (χ1) is 14.4. The van der Waals surface area contributed by atoms with Gasteiger partial charge in [0, 0.05) is 0 Å². The Morgan fingerprint density at radius 3 is 2.06 bits per heavy atom. The van der Waals surface area contributed by atoms with Crippen molar-refractivity contribution in [3.8, 4) is 0 Å². The van der Waals surface area contributed by atoms with E-state index < -0.39 is 5.97 Å². The maximum atomic E-state index is 11.2. The molecule has 0 spiro atoms. The predicted molar refractivity (Wildman–Crippen MR) is 132 cm³/mol. The van der Waals surface area contributed by atoms with Crippen LogP contribution >= 0.6 is 0 Å². The van der Waals surface area contributed by atoms with E-state index in [-0.39, 0.29) is 10.8 Å². The van der Waals surface area contributed by atoms with Gasteiger partial charge in [0.2, 0.25) is 0 Å². The highest BCUT2D eigenvalue weighted by Crippen LogP contribution is 2.47. The Balaban J connectivity index is 2.11. The predicted octanol–water partition coefficient (Wildman–Crippen LogP) is 7.88. The van der Waals surface area contributed by atoms with Gasteiger partial charge in [-0.05, 0) is 94.9 Å². The summed E-state index contributed by atoms with van der Waals surface area (Å²) in [5, 5.41) is 9.16. The van der Waals surface area contributed by atoms with E-state index in [1.165, 1.54) is 47.1 Å². The summed E-state index contributed by atoms with van der Waals surface area (Å²) in [6, 6.07) is 12.1. The molecule has 0 bridgehead atoms. The largest absolute Gasteiger partial charge is 0.478 e. The Hall–Kier alpha value is -2.35. The fraction of sp³-hybridized carbons (Fsp3) is 0.483. The van der Waals surface area contributed by atoms with Gasteiger partial charge >= 0.3 is 5.97 Å². The molecule has 3 rings (SSSR count). The second-order valence-corrected chi connectivity index (χ2v) is 11.0. The molecule has 0 radical (unpaired) electrons. The zero-order chi connectivity index (χ0) is 23.0. The molecule has 0 atom stereocenters. The molecule has 0 saturated carbocycles. The van der Waals surface area contributed by atoms with Gasteiger partial charge in [0.25, 0.3) is 0 Å². The maximum Gasteiger partial charge on any atom is 0.335 e. The van der Waals surface area contributed by atoms with Crippen molar-refractivity contribution in [2.24, 2.45) is 5.92 Å². The molecule has 1 aliphatic rings.